The van der Waals surface area contributed by atoms with Crippen molar-refractivity contribution in [3.05, 3.63) is 0 Å². The van der Waals surface area contributed by atoms with E-state index in [4.69, 9.17) is 0 Å². The maximum Gasteiger partial charge on any atom is 0.404 e. The van der Waals surface area contributed by atoms with Crippen molar-refractivity contribution in [2.24, 2.45) is 11.8 Å². The third-order valence-corrected chi connectivity index (χ3v) is 2.90. The number of ether oxygens (including phenoxy) is 1. The van der Waals surface area contributed by atoms with Crippen molar-refractivity contribution in [2.45, 2.75) is 35.8 Å². The van der Waals surface area contributed by atoms with Gasteiger partial charge in [0.1, 0.15) is 0 Å². The van der Waals surface area contributed by atoms with E-state index < -0.39 is 47.7 Å². The minimum Gasteiger partial charge on any atom is -0.341 e. The van der Waals surface area contributed by atoms with Gasteiger partial charge in [-0.25, -0.2) is 0 Å². The summed E-state index contributed by atoms with van der Waals surface area (Å²) in [6.07, 6.45) is -24.6. The number of rotatable bonds is 4. The van der Waals surface area contributed by atoms with Gasteiger partial charge in [-0.15, -0.1) is 0 Å². The molecule has 0 N–H and O–H groups in total. The van der Waals surface area contributed by atoms with Crippen LogP contribution < -0.4 is 0 Å². The van der Waals surface area contributed by atoms with Crippen LogP contribution >= 0.6 is 23.2 Å². The summed E-state index contributed by atoms with van der Waals surface area (Å²) in [6.45, 7) is 0. The molecule has 23 heavy (non-hydrogen) atoms. The summed E-state index contributed by atoms with van der Waals surface area (Å²) in [6, 6.07) is 0. The Hall–Kier alpha value is -0.300. The largest absolute Gasteiger partial charge is 0.404 e. The van der Waals surface area contributed by atoms with Crippen molar-refractivity contribution in [1.82, 2.24) is 0 Å². The van der Waals surface area contributed by atoms with Crippen LogP contribution in [0.5, 0.6) is 0 Å². The molecule has 0 aromatic heterocycles. The molecule has 0 saturated carbocycles. The molecule has 0 fully saturated rings. The summed E-state index contributed by atoms with van der Waals surface area (Å²) in [5.74, 6) is -9.08. The fourth-order valence-corrected chi connectivity index (χ4v) is 2.09. The molecule has 0 aliphatic rings. The summed E-state index contributed by atoms with van der Waals surface area (Å²) in [7, 11) is 0. The Morgan fingerprint density at radius 2 is 0.652 bits per heavy atom. The normalized spacial score (nSPS) is 17.7. The maximum atomic E-state index is 12.2. The van der Waals surface area contributed by atoms with Gasteiger partial charge in [0.15, 0.2) is 23.0 Å². The molecule has 1 nitrogen and oxygen atoms in total. The van der Waals surface area contributed by atoms with Crippen LogP contribution in [0.2, 0.25) is 0 Å². The predicted molar refractivity (Wildman–Crippen MR) is 51.6 cm³/mol. The average molecular weight is 415 g/mol. The highest BCUT2D eigenvalue weighted by Gasteiger charge is 2.64. The molecule has 0 aromatic carbocycles. The second-order valence-electron chi connectivity index (χ2n) is 3.96. The van der Waals surface area contributed by atoms with Crippen LogP contribution in [0, 0.1) is 11.8 Å². The first kappa shape index (κ1) is 22.7. The van der Waals surface area contributed by atoms with E-state index in [2.05, 4.69) is 27.9 Å². The van der Waals surface area contributed by atoms with Gasteiger partial charge in [0.25, 0.3) is 0 Å². The van der Waals surface area contributed by atoms with Crippen molar-refractivity contribution in [1.29, 1.82) is 0 Å². The number of halogens is 14. The maximum absolute atomic E-state index is 12.2. The van der Waals surface area contributed by atoms with Crippen molar-refractivity contribution in [3.63, 3.8) is 0 Å². The smallest absolute Gasteiger partial charge is 0.341 e. The van der Waals surface area contributed by atoms with Crippen LogP contribution in [-0.2, 0) is 4.74 Å². The van der Waals surface area contributed by atoms with E-state index in [0.29, 0.717) is 0 Å². The van der Waals surface area contributed by atoms with Gasteiger partial charge in [-0.05, 0) is 0 Å². The highest BCUT2D eigenvalue weighted by molar-refractivity contribution is 6.22. The molecule has 0 bridgehead atoms. The van der Waals surface area contributed by atoms with Crippen LogP contribution in [-0.4, -0.2) is 35.8 Å². The van der Waals surface area contributed by atoms with E-state index >= 15 is 0 Å². The minimum absolute atomic E-state index is 3.33. The fourth-order valence-electron chi connectivity index (χ4n) is 1.25. The summed E-state index contributed by atoms with van der Waals surface area (Å²) in [4.78, 5) is 0. The van der Waals surface area contributed by atoms with Crippen molar-refractivity contribution in [3.8, 4) is 0 Å². The lowest BCUT2D eigenvalue weighted by atomic mass is 10.1. The number of alkyl halides is 14. The van der Waals surface area contributed by atoms with E-state index in [1.165, 1.54) is 0 Å². The van der Waals surface area contributed by atoms with Crippen LogP contribution in [0.25, 0.3) is 0 Å². The monoisotopic (exact) mass is 414 g/mol. The average Bonchev–Trinajstić information content (AvgIpc) is 2.04. The Balaban J connectivity index is 5.44. The summed E-state index contributed by atoms with van der Waals surface area (Å²) in [5.41, 5.74) is -7.32. The second kappa shape index (κ2) is 6.90. The first-order chi connectivity index (χ1) is 9.79. The van der Waals surface area contributed by atoms with Crippen LogP contribution in [0.15, 0.2) is 0 Å². The third-order valence-electron chi connectivity index (χ3n) is 2.19. The van der Waals surface area contributed by atoms with Crippen molar-refractivity contribution < 1.29 is 57.4 Å². The van der Waals surface area contributed by atoms with Gasteiger partial charge in [-0.1, -0.05) is 23.2 Å². The van der Waals surface area contributed by atoms with Gasteiger partial charge >= 0.3 is 24.7 Å². The van der Waals surface area contributed by atoms with Crippen LogP contribution in [0.1, 0.15) is 0 Å². The molecule has 0 rings (SSSR count). The zero-order valence-electron chi connectivity index (χ0n) is 10.0. The third kappa shape index (κ3) is 6.61. The Bertz CT molecular complexity index is 318. The van der Waals surface area contributed by atoms with Gasteiger partial charge in [0.2, 0.25) is 0 Å². The summed E-state index contributed by atoms with van der Waals surface area (Å²) < 4.78 is 150. The molecule has 15 heteroatoms. The zero-order valence-corrected chi connectivity index (χ0v) is 11.5. The van der Waals surface area contributed by atoms with E-state index in [-0.39, 0.29) is 0 Å². The quantitative estimate of drug-likeness (QED) is 0.429. The molecule has 0 amide bonds. The lowest BCUT2D eigenvalue weighted by molar-refractivity contribution is -0.321. The SMILES string of the molecule is FC(F)(F)C(C(Cl)OC(Cl)C(C(F)(F)F)C(F)(F)F)C(F)(F)F. The molecular formula is C8H4Cl2F12O. The molecule has 0 saturated heterocycles. The van der Waals surface area contributed by atoms with Gasteiger partial charge < -0.3 is 4.74 Å². The van der Waals surface area contributed by atoms with E-state index in [0.717, 1.165) is 0 Å². The highest BCUT2D eigenvalue weighted by Crippen LogP contribution is 2.47. The second-order valence-corrected chi connectivity index (χ2v) is 4.82. The van der Waals surface area contributed by atoms with E-state index in [9.17, 15) is 52.7 Å². The Labute approximate surface area is 129 Å². The Morgan fingerprint density at radius 3 is 0.783 bits per heavy atom. The molecule has 0 spiro atoms. The lowest BCUT2D eigenvalue weighted by Crippen LogP contribution is -2.48. The Kier molecular flexibility index (Phi) is 6.81. The van der Waals surface area contributed by atoms with Gasteiger partial charge in [0, 0.05) is 0 Å². The van der Waals surface area contributed by atoms with Crippen molar-refractivity contribution >= 4 is 23.2 Å². The topological polar surface area (TPSA) is 9.23 Å². The first-order valence-electron chi connectivity index (χ1n) is 5.00. The minimum atomic E-state index is -6.15. The lowest BCUT2D eigenvalue weighted by Gasteiger charge is -2.31. The zero-order chi connectivity index (χ0) is 19.0. The van der Waals surface area contributed by atoms with Gasteiger partial charge in [0.05, 0.1) is 0 Å². The molecule has 0 heterocycles. The molecule has 2 unspecified atom stereocenters. The highest BCUT2D eigenvalue weighted by atomic mass is 35.5. The molecule has 0 aliphatic heterocycles. The number of hydrogen-bond acceptors (Lipinski definition) is 1. The van der Waals surface area contributed by atoms with Gasteiger partial charge in [-0.2, -0.15) is 52.7 Å². The molecule has 0 aromatic rings. The Morgan fingerprint density at radius 1 is 0.478 bits per heavy atom. The first-order valence-corrected chi connectivity index (χ1v) is 5.87. The van der Waals surface area contributed by atoms with E-state index in [1.807, 2.05) is 0 Å². The van der Waals surface area contributed by atoms with E-state index in [1.54, 1.807) is 0 Å². The standard InChI is InChI=1S/C8H4Cl2F12O/c9-3(1(5(11,12)13)6(14,15)16)23-4(10)2(7(17,18)19)8(20,21)22/h1-4H. The molecular weight excluding hydrogens is 411 g/mol. The predicted octanol–water partition coefficient (Wildman–Crippen LogP) is 5.61. The molecule has 2 atom stereocenters. The summed E-state index contributed by atoms with van der Waals surface area (Å²) >= 11 is 9.15. The fraction of sp³-hybridized carbons (Fsp3) is 1.00. The molecule has 0 aliphatic carbocycles. The molecule has 0 radical (unpaired) electrons. The van der Waals surface area contributed by atoms with Crippen LogP contribution in [0.4, 0.5) is 52.7 Å². The summed E-state index contributed by atoms with van der Waals surface area (Å²) in [5, 5.41) is 0. The van der Waals surface area contributed by atoms with Crippen molar-refractivity contribution in [2.75, 3.05) is 0 Å². The van der Waals surface area contributed by atoms with Crippen LogP contribution in [0.3, 0.4) is 0 Å². The van der Waals surface area contributed by atoms with Gasteiger partial charge in [-0.3, -0.25) is 0 Å². The molecule has 140 valence electrons. The number of hydrogen-bond donors (Lipinski definition) is 0.